The van der Waals surface area contributed by atoms with Gasteiger partial charge in [-0.1, -0.05) is 18.2 Å². The van der Waals surface area contributed by atoms with Crippen LogP contribution in [0.2, 0.25) is 0 Å². The third kappa shape index (κ3) is 4.39. The standard InChI is InChI=1S/C23H20N4O3S/c1-14(28)18-8-5-15(12-24-18)6-9-19-21-20(27-26-19)10-7-17(22(21)30-2)23(29)25-13-16-4-3-11-31-16/h3-12H,13H2,1-2H3,(H,25,29)(H,26,27)/b9-6+. The highest BCUT2D eigenvalue weighted by atomic mass is 32.1. The van der Waals surface area contributed by atoms with Crippen LogP contribution in [-0.2, 0) is 6.54 Å². The van der Waals surface area contributed by atoms with E-state index < -0.39 is 0 Å². The van der Waals surface area contributed by atoms with Crippen LogP contribution in [0.3, 0.4) is 0 Å². The number of nitrogens with one attached hydrogen (secondary N) is 2. The van der Waals surface area contributed by atoms with E-state index in [0.717, 1.165) is 21.3 Å². The van der Waals surface area contributed by atoms with Crippen molar-refractivity contribution in [3.63, 3.8) is 0 Å². The summed E-state index contributed by atoms with van der Waals surface area (Å²) < 4.78 is 5.61. The maximum Gasteiger partial charge on any atom is 0.255 e. The minimum absolute atomic E-state index is 0.0801. The van der Waals surface area contributed by atoms with Crippen molar-refractivity contribution >= 4 is 46.1 Å². The number of Topliss-reactive ketones (excluding diaryl/α,β-unsaturated/α-hetero) is 1. The fourth-order valence-electron chi connectivity index (χ4n) is 3.18. The second kappa shape index (κ2) is 8.93. The molecule has 3 heterocycles. The number of rotatable bonds is 7. The highest BCUT2D eigenvalue weighted by molar-refractivity contribution is 7.09. The normalized spacial score (nSPS) is 11.2. The van der Waals surface area contributed by atoms with Gasteiger partial charge in [0.05, 0.1) is 35.8 Å². The summed E-state index contributed by atoms with van der Waals surface area (Å²) in [7, 11) is 1.54. The van der Waals surface area contributed by atoms with E-state index in [2.05, 4.69) is 20.5 Å². The zero-order chi connectivity index (χ0) is 21.8. The van der Waals surface area contributed by atoms with Gasteiger partial charge in [-0.05, 0) is 41.3 Å². The molecule has 2 N–H and O–H groups in total. The summed E-state index contributed by atoms with van der Waals surface area (Å²) >= 11 is 1.59. The van der Waals surface area contributed by atoms with E-state index in [0.29, 0.717) is 29.2 Å². The van der Waals surface area contributed by atoms with Crippen LogP contribution >= 0.6 is 11.3 Å². The molecule has 0 bridgehead atoms. The summed E-state index contributed by atoms with van der Waals surface area (Å²) in [5, 5.41) is 13.0. The van der Waals surface area contributed by atoms with Gasteiger partial charge in [0, 0.05) is 18.0 Å². The van der Waals surface area contributed by atoms with E-state index in [-0.39, 0.29) is 11.7 Å². The lowest BCUT2D eigenvalue weighted by Crippen LogP contribution is -2.22. The molecule has 0 unspecified atom stereocenters. The van der Waals surface area contributed by atoms with Crippen LogP contribution in [0.25, 0.3) is 23.1 Å². The zero-order valence-electron chi connectivity index (χ0n) is 17.0. The van der Waals surface area contributed by atoms with E-state index in [4.69, 9.17) is 4.74 Å². The number of aromatic nitrogens is 3. The topological polar surface area (TPSA) is 97.0 Å². The zero-order valence-corrected chi connectivity index (χ0v) is 17.8. The van der Waals surface area contributed by atoms with Crippen LogP contribution in [0, 0.1) is 0 Å². The molecule has 156 valence electrons. The van der Waals surface area contributed by atoms with Crippen LogP contribution in [0.4, 0.5) is 0 Å². The Morgan fingerprint density at radius 3 is 2.74 bits per heavy atom. The van der Waals surface area contributed by atoms with Crippen molar-refractivity contribution in [2.45, 2.75) is 13.5 Å². The SMILES string of the molecule is COc1c(C(=O)NCc2cccs2)ccc2[nH]nc(/C=C/c3ccc(C(C)=O)nc3)c12. The predicted molar refractivity (Wildman–Crippen MR) is 121 cm³/mol. The van der Waals surface area contributed by atoms with Crippen molar-refractivity contribution in [1.82, 2.24) is 20.5 Å². The molecule has 8 heteroatoms. The molecule has 0 aliphatic heterocycles. The first-order valence-electron chi connectivity index (χ1n) is 9.57. The Morgan fingerprint density at radius 1 is 1.19 bits per heavy atom. The molecule has 0 saturated carbocycles. The van der Waals surface area contributed by atoms with Crippen molar-refractivity contribution in [3.05, 3.63) is 75.4 Å². The second-order valence-electron chi connectivity index (χ2n) is 6.81. The van der Waals surface area contributed by atoms with E-state index in [1.807, 2.05) is 41.8 Å². The number of amides is 1. The highest BCUT2D eigenvalue weighted by Gasteiger charge is 2.18. The number of hydrogen-bond donors (Lipinski definition) is 2. The lowest BCUT2D eigenvalue weighted by molar-refractivity contribution is 0.0947. The molecule has 7 nitrogen and oxygen atoms in total. The number of methoxy groups -OCH3 is 1. The Labute approximate surface area is 182 Å². The molecule has 31 heavy (non-hydrogen) atoms. The number of thiophene rings is 1. The summed E-state index contributed by atoms with van der Waals surface area (Å²) in [5.41, 5.74) is 3.08. The Balaban J connectivity index is 1.63. The maximum atomic E-state index is 12.8. The quantitative estimate of drug-likeness (QED) is 0.424. The van der Waals surface area contributed by atoms with Gasteiger partial charge in [-0.25, -0.2) is 0 Å². The van der Waals surface area contributed by atoms with E-state index >= 15 is 0 Å². The number of pyridine rings is 1. The molecular weight excluding hydrogens is 412 g/mol. The minimum atomic E-state index is -0.215. The van der Waals surface area contributed by atoms with E-state index in [1.165, 1.54) is 14.0 Å². The lowest BCUT2D eigenvalue weighted by Gasteiger charge is -2.10. The van der Waals surface area contributed by atoms with Crippen molar-refractivity contribution in [2.75, 3.05) is 7.11 Å². The molecule has 0 saturated heterocycles. The van der Waals surface area contributed by atoms with Gasteiger partial charge >= 0.3 is 0 Å². The molecule has 0 radical (unpaired) electrons. The number of carbonyl (C=O) groups excluding carboxylic acids is 2. The van der Waals surface area contributed by atoms with Crippen LogP contribution in [0.5, 0.6) is 5.75 Å². The average Bonchev–Trinajstić information content (AvgIpc) is 3.45. The van der Waals surface area contributed by atoms with Gasteiger partial charge in [0.2, 0.25) is 0 Å². The number of ketones is 1. The summed E-state index contributed by atoms with van der Waals surface area (Å²) in [6.07, 6.45) is 5.29. The number of ether oxygens (including phenoxy) is 1. The van der Waals surface area contributed by atoms with Gasteiger partial charge in [0.25, 0.3) is 5.91 Å². The maximum absolute atomic E-state index is 12.8. The van der Waals surface area contributed by atoms with Crippen LogP contribution in [0.15, 0.2) is 48.0 Å². The molecule has 3 aromatic heterocycles. The first-order chi connectivity index (χ1) is 15.1. The summed E-state index contributed by atoms with van der Waals surface area (Å²) in [4.78, 5) is 29.4. The number of fused-ring (bicyclic) bond motifs is 1. The number of H-pyrrole nitrogens is 1. The molecule has 0 aliphatic carbocycles. The summed E-state index contributed by atoms with van der Waals surface area (Å²) in [6.45, 7) is 1.94. The van der Waals surface area contributed by atoms with Gasteiger partial charge < -0.3 is 10.1 Å². The minimum Gasteiger partial charge on any atom is -0.495 e. The van der Waals surface area contributed by atoms with Crippen molar-refractivity contribution in [1.29, 1.82) is 0 Å². The van der Waals surface area contributed by atoms with Gasteiger partial charge in [-0.15, -0.1) is 11.3 Å². The number of benzene rings is 1. The first-order valence-corrected chi connectivity index (χ1v) is 10.5. The monoisotopic (exact) mass is 432 g/mol. The van der Waals surface area contributed by atoms with Crippen LogP contribution in [-0.4, -0.2) is 34.0 Å². The molecule has 1 aromatic carbocycles. The van der Waals surface area contributed by atoms with Gasteiger partial charge in [-0.2, -0.15) is 5.10 Å². The van der Waals surface area contributed by atoms with Gasteiger partial charge in [0.15, 0.2) is 5.78 Å². The molecule has 0 spiro atoms. The Hall–Kier alpha value is -3.78. The number of hydrogen-bond acceptors (Lipinski definition) is 6. The van der Waals surface area contributed by atoms with Crippen molar-refractivity contribution < 1.29 is 14.3 Å². The molecular formula is C23H20N4O3S. The van der Waals surface area contributed by atoms with Crippen LogP contribution < -0.4 is 10.1 Å². The highest BCUT2D eigenvalue weighted by Crippen LogP contribution is 2.32. The molecule has 0 fully saturated rings. The smallest absolute Gasteiger partial charge is 0.255 e. The molecule has 0 aliphatic rings. The molecule has 4 rings (SSSR count). The van der Waals surface area contributed by atoms with Gasteiger partial charge in [-0.3, -0.25) is 19.7 Å². The predicted octanol–water partition coefficient (Wildman–Crippen LogP) is 4.33. The van der Waals surface area contributed by atoms with Crippen molar-refractivity contribution in [3.8, 4) is 5.75 Å². The number of carbonyl (C=O) groups is 2. The number of aromatic amines is 1. The number of nitrogens with zero attached hydrogens (tertiary/aromatic N) is 2. The molecule has 1 amide bonds. The van der Waals surface area contributed by atoms with E-state index in [1.54, 1.807) is 29.7 Å². The summed E-state index contributed by atoms with van der Waals surface area (Å²) in [6, 6.07) is 11.0. The third-order valence-corrected chi connectivity index (χ3v) is 5.62. The Kier molecular flexibility index (Phi) is 5.90. The third-order valence-electron chi connectivity index (χ3n) is 4.74. The largest absolute Gasteiger partial charge is 0.495 e. The average molecular weight is 433 g/mol. The fraction of sp³-hybridized carbons (Fsp3) is 0.130. The first kappa shape index (κ1) is 20.5. The Bertz CT molecular complexity index is 1260. The lowest BCUT2D eigenvalue weighted by atomic mass is 10.1. The fourth-order valence-corrected chi connectivity index (χ4v) is 3.83. The summed E-state index contributed by atoms with van der Waals surface area (Å²) in [5.74, 6) is 0.162. The van der Waals surface area contributed by atoms with Gasteiger partial charge in [0.1, 0.15) is 11.4 Å². The van der Waals surface area contributed by atoms with Crippen molar-refractivity contribution in [2.24, 2.45) is 0 Å². The van der Waals surface area contributed by atoms with E-state index in [9.17, 15) is 9.59 Å². The Morgan fingerprint density at radius 2 is 2.06 bits per heavy atom. The molecule has 4 aromatic rings. The van der Waals surface area contributed by atoms with Crippen LogP contribution in [0.1, 0.15) is 43.9 Å². The second-order valence-corrected chi connectivity index (χ2v) is 7.84. The molecule has 0 atom stereocenters.